The van der Waals surface area contributed by atoms with Gasteiger partial charge < -0.3 is 9.84 Å². The minimum Gasteiger partial charge on any atom is -0.340 e. The Morgan fingerprint density at radius 1 is 1.12 bits per heavy atom. The first-order valence-corrected chi connectivity index (χ1v) is 12.3. The molecule has 0 saturated carbocycles. The molecular formula is C23H29N5O4S. The Labute approximate surface area is 194 Å². The van der Waals surface area contributed by atoms with Crippen molar-refractivity contribution in [1.29, 1.82) is 0 Å². The number of aromatic nitrogens is 3. The third-order valence-corrected chi connectivity index (χ3v) is 7.57. The summed E-state index contributed by atoms with van der Waals surface area (Å²) in [5, 5.41) is 6.93. The van der Waals surface area contributed by atoms with E-state index < -0.39 is 22.0 Å². The molecule has 0 radical (unpaired) electrons. The summed E-state index contributed by atoms with van der Waals surface area (Å²) < 4.78 is 32.9. The number of benzene rings is 1. The zero-order valence-corrected chi connectivity index (χ0v) is 20.3. The van der Waals surface area contributed by atoms with E-state index in [2.05, 4.69) is 20.4 Å². The third kappa shape index (κ3) is 5.28. The molecule has 0 saturated heterocycles. The molecule has 1 unspecified atom stereocenters. The van der Waals surface area contributed by atoms with Gasteiger partial charge in [0.2, 0.25) is 21.7 Å². The van der Waals surface area contributed by atoms with Crippen LogP contribution in [0.2, 0.25) is 0 Å². The van der Waals surface area contributed by atoms with Gasteiger partial charge in [0, 0.05) is 36.6 Å². The van der Waals surface area contributed by atoms with Crippen LogP contribution in [0.3, 0.4) is 0 Å². The monoisotopic (exact) mass is 471 g/mol. The van der Waals surface area contributed by atoms with Crippen molar-refractivity contribution < 1.29 is 17.7 Å². The number of aryl methyl sites for hydroxylation is 1. The van der Waals surface area contributed by atoms with Crippen molar-refractivity contribution in [3.05, 3.63) is 59.7 Å². The molecule has 0 aliphatic carbocycles. The Bertz CT molecular complexity index is 1200. The molecule has 176 valence electrons. The second kappa shape index (κ2) is 10.2. The van der Waals surface area contributed by atoms with Crippen LogP contribution < -0.4 is 5.32 Å². The number of nitrogens with one attached hydrogen (secondary N) is 1. The van der Waals surface area contributed by atoms with Gasteiger partial charge in [-0.1, -0.05) is 38.9 Å². The van der Waals surface area contributed by atoms with Crippen LogP contribution in [0.5, 0.6) is 0 Å². The van der Waals surface area contributed by atoms with Crippen molar-refractivity contribution in [3.63, 3.8) is 0 Å². The van der Waals surface area contributed by atoms with Gasteiger partial charge in [-0.3, -0.25) is 9.78 Å². The van der Waals surface area contributed by atoms with Gasteiger partial charge in [-0.15, -0.1) is 0 Å². The zero-order chi connectivity index (χ0) is 24.2. The number of hydrogen-bond acceptors (Lipinski definition) is 7. The predicted octanol–water partition coefficient (Wildman–Crippen LogP) is 3.60. The highest BCUT2D eigenvalue weighted by Crippen LogP contribution is 2.25. The van der Waals surface area contributed by atoms with Gasteiger partial charge in [0.15, 0.2) is 0 Å². The summed E-state index contributed by atoms with van der Waals surface area (Å²) in [5.41, 5.74) is 1.57. The standard InChI is InChI=1S/C23H29N5O4S/c1-6-28(7-2)33(30,31)19-14-18(9-8-16(19)5)22(29)25-20(15(3)4)23-26-21(27-32-23)17-10-12-24-13-11-17/h8-15,20H,6-7H2,1-5H3,(H,25,29). The zero-order valence-electron chi connectivity index (χ0n) is 19.4. The van der Waals surface area contributed by atoms with E-state index in [0.29, 0.717) is 24.5 Å². The molecule has 1 N–H and O–H groups in total. The fourth-order valence-electron chi connectivity index (χ4n) is 3.44. The van der Waals surface area contributed by atoms with Gasteiger partial charge >= 0.3 is 0 Å². The molecule has 0 spiro atoms. The lowest BCUT2D eigenvalue weighted by Gasteiger charge is -2.21. The SMILES string of the molecule is CCN(CC)S(=O)(=O)c1cc(C(=O)NC(c2nc(-c3ccncc3)no2)C(C)C)ccc1C. The first-order chi connectivity index (χ1) is 15.7. The van der Waals surface area contributed by atoms with Crippen molar-refractivity contribution in [2.45, 2.75) is 45.6 Å². The number of sulfonamides is 1. The molecule has 3 aromatic rings. The Morgan fingerprint density at radius 2 is 1.79 bits per heavy atom. The van der Waals surface area contributed by atoms with Crippen LogP contribution in [0.15, 0.2) is 52.1 Å². The number of carbonyl (C=O) groups is 1. The first-order valence-electron chi connectivity index (χ1n) is 10.8. The van der Waals surface area contributed by atoms with Crippen molar-refractivity contribution in [1.82, 2.24) is 24.7 Å². The second-order valence-electron chi connectivity index (χ2n) is 7.96. The number of nitrogens with zero attached hydrogens (tertiary/aromatic N) is 4. The number of pyridine rings is 1. The largest absolute Gasteiger partial charge is 0.340 e. The van der Waals surface area contributed by atoms with Crippen LogP contribution in [0, 0.1) is 12.8 Å². The van der Waals surface area contributed by atoms with Crippen LogP contribution in [-0.2, 0) is 10.0 Å². The molecule has 0 bridgehead atoms. The average molecular weight is 472 g/mol. The average Bonchev–Trinajstić information content (AvgIpc) is 3.28. The molecule has 1 aromatic carbocycles. The van der Waals surface area contributed by atoms with Crippen LogP contribution in [-0.4, -0.2) is 46.8 Å². The third-order valence-electron chi connectivity index (χ3n) is 5.37. The number of carbonyl (C=O) groups excluding carboxylic acids is 1. The van der Waals surface area contributed by atoms with Crippen molar-refractivity contribution >= 4 is 15.9 Å². The quantitative estimate of drug-likeness (QED) is 0.506. The Balaban J connectivity index is 1.88. The summed E-state index contributed by atoms with van der Waals surface area (Å²) in [6, 6.07) is 7.66. The lowest BCUT2D eigenvalue weighted by atomic mass is 10.0. The fraction of sp³-hybridized carbons (Fsp3) is 0.391. The topological polar surface area (TPSA) is 118 Å². The van der Waals surface area contributed by atoms with E-state index in [1.807, 2.05) is 13.8 Å². The van der Waals surface area contributed by atoms with Gasteiger partial charge in [-0.25, -0.2) is 8.42 Å². The number of hydrogen-bond donors (Lipinski definition) is 1. The summed E-state index contributed by atoms with van der Waals surface area (Å²) >= 11 is 0. The van der Waals surface area contributed by atoms with Gasteiger partial charge in [0.05, 0.1) is 4.90 Å². The summed E-state index contributed by atoms with van der Waals surface area (Å²) in [7, 11) is -3.70. The second-order valence-corrected chi connectivity index (χ2v) is 9.86. The number of amides is 1. The summed E-state index contributed by atoms with van der Waals surface area (Å²) in [4.78, 5) is 21.6. The van der Waals surface area contributed by atoms with Crippen molar-refractivity contribution in [2.24, 2.45) is 5.92 Å². The molecule has 1 amide bonds. The Kier molecular flexibility index (Phi) is 7.60. The highest BCUT2D eigenvalue weighted by molar-refractivity contribution is 7.89. The summed E-state index contributed by atoms with van der Waals surface area (Å²) in [5.74, 6) is 0.195. The van der Waals surface area contributed by atoms with Crippen LogP contribution in [0.1, 0.15) is 55.5 Å². The molecule has 0 aliphatic rings. The Hall–Kier alpha value is -3.11. The Morgan fingerprint density at radius 3 is 2.39 bits per heavy atom. The van der Waals surface area contributed by atoms with Gasteiger partial charge in [-0.05, 0) is 42.7 Å². The van der Waals surface area contributed by atoms with E-state index >= 15 is 0 Å². The highest BCUT2D eigenvalue weighted by Gasteiger charge is 2.28. The summed E-state index contributed by atoms with van der Waals surface area (Å²) in [6.45, 7) is 9.82. The smallest absolute Gasteiger partial charge is 0.251 e. The lowest BCUT2D eigenvalue weighted by Crippen LogP contribution is -2.33. The fourth-order valence-corrected chi connectivity index (χ4v) is 5.15. The molecule has 0 fully saturated rings. The van der Waals surface area contributed by atoms with Crippen LogP contribution in [0.25, 0.3) is 11.4 Å². The molecule has 0 aliphatic heterocycles. The van der Waals surface area contributed by atoms with E-state index in [4.69, 9.17) is 4.52 Å². The molecular weight excluding hydrogens is 442 g/mol. The van der Waals surface area contributed by atoms with E-state index in [0.717, 1.165) is 5.56 Å². The van der Waals surface area contributed by atoms with E-state index in [1.54, 1.807) is 57.4 Å². The van der Waals surface area contributed by atoms with Crippen molar-refractivity contribution in [3.8, 4) is 11.4 Å². The minimum atomic E-state index is -3.70. The first kappa shape index (κ1) is 24.5. The van der Waals surface area contributed by atoms with E-state index in [-0.39, 0.29) is 22.3 Å². The maximum absolute atomic E-state index is 13.1. The molecule has 1 atom stereocenters. The lowest BCUT2D eigenvalue weighted by molar-refractivity contribution is 0.0913. The summed E-state index contributed by atoms with van der Waals surface area (Å²) in [6.07, 6.45) is 3.27. The highest BCUT2D eigenvalue weighted by atomic mass is 32.2. The molecule has 2 aromatic heterocycles. The van der Waals surface area contributed by atoms with Crippen molar-refractivity contribution in [2.75, 3.05) is 13.1 Å². The molecule has 3 rings (SSSR count). The minimum absolute atomic E-state index is 0.0518. The predicted molar refractivity (Wildman–Crippen MR) is 124 cm³/mol. The molecule has 33 heavy (non-hydrogen) atoms. The maximum Gasteiger partial charge on any atom is 0.251 e. The van der Waals surface area contributed by atoms with Crippen LogP contribution in [0.4, 0.5) is 0 Å². The van der Waals surface area contributed by atoms with Gasteiger partial charge in [0.1, 0.15) is 6.04 Å². The van der Waals surface area contributed by atoms with E-state index in [9.17, 15) is 13.2 Å². The molecule has 2 heterocycles. The normalized spacial score (nSPS) is 12.8. The van der Waals surface area contributed by atoms with Gasteiger partial charge in [-0.2, -0.15) is 9.29 Å². The molecule has 10 heteroatoms. The molecule has 9 nitrogen and oxygen atoms in total. The van der Waals surface area contributed by atoms with E-state index in [1.165, 1.54) is 10.4 Å². The van der Waals surface area contributed by atoms with Crippen LogP contribution >= 0.6 is 0 Å². The maximum atomic E-state index is 13.1. The van der Waals surface area contributed by atoms with Gasteiger partial charge in [0.25, 0.3) is 5.91 Å². The number of rotatable bonds is 9.